The van der Waals surface area contributed by atoms with E-state index in [1.165, 1.54) is 24.3 Å². The van der Waals surface area contributed by atoms with Gasteiger partial charge in [-0.05, 0) is 60.7 Å². The number of ether oxygens (including phenoxy) is 1. The van der Waals surface area contributed by atoms with Crippen LogP contribution in [0.4, 0.5) is 0 Å². The highest BCUT2D eigenvalue weighted by Crippen LogP contribution is 2.15. The van der Waals surface area contributed by atoms with Gasteiger partial charge in [0.2, 0.25) is 5.91 Å². The van der Waals surface area contributed by atoms with Crippen LogP contribution in [-0.4, -0.2) is 16.4 Å². The molecule has 2 aromatic carbocycles. The van der Waals surface area contributed by atoms with E-state index in [-0.39, 0.29) is 0 Å². The summed E-state index contributed by atoms with van der Waals surface area (Å²) in [7, 11) is 0. The molecule has 3 aromatic rings. The average molecular weight is 306 g/mol. The molecule has 0 fully saturated rings. The lowest BCUT2D eigenvalue weighted by Gasteiger charge is -2.06. The first-order chi connectivity index (χ1) is 11.1. The Balaban J connectivity index is 1.71. The lowest BCUT2D eigenvalue weighted by molar-refractivity contribution is 0.0734. The molecule has 0 radical (unpaired) electrons. The van der Waals surface area contributed by atoms with Crippen LogP contribution in [0.15, 0.2) is 73.1 Å². The van der Waals surface area contributed by atoms with Crippen LogP contribution in [0.1, 0.15) is 20.7 Å². The second-order valence-corrected chi connectivity index (χ2v) is 4.92. The molecule has 0 bridgehead atoms. The van der Waals surface area contributed by atoms with Crippen LogP contribution in [0.2, 0.25) is 0 Å². The molecule has 1 heterocycles. The van der Waals surface area contributed by atoms with Gasteiger partial charge in [-0.25, -0.2) is 4.79 Å². The minimum Gasteiger partial charge on any atom is -0.423 e. The van der Waals surface area contributed by atoms with Gasteiger partial charge in [-0.15, -0.1) is 0 Å². The van der Waals surface area contributed by atoms with Crippen molar-refractivity contribution in [3.8, 4) is 11.4 Å². The number of esters is 1. The molecule has 0 unspecified atom stereocenters. The van der Waals surface area contributed by atoms with E-state index in [0.29, 0.717) is 16.9 Å². The highest BCUT2D eigenvalue weighted by molar-refractivity contribution is 5.93. The number of aromatic nitrogens is 1. The van der Waals surface area contributed by atoms with Gasteiger partial charge in [0.25, 0.3) is 0 Å². The minimum absolute atomic E-state index is 0.356. The SMILES string of the molecule is NC(=O)c1ccc(OC(=O)c2ccc(-n3cccc3)cc2)cc1. The summed E-state index contributed by atoms with van der Waals surface area (Å²) in [5.41, 5.74) is 6.92. The average Bonchev–Trinajstić information content (AvgIpc) is 3.10. The van der Waals surface area contributed by atoms with Crippen LogP contribution in [0.5, 0.6) is 5.75 Å². The number of rotatable bonds is 4. The Morgan fingerprint density at radius 1 is 0.826 bits per heavy atom. The first kappa shape index (κ1) is 14.6. The van der Waals surface area contributed by atoms with Crippen molar-refractivity contribution in [2.45, 2.75) is 0 Å². The van der Waals surface area contributed by atoms with E-state index >= 15 is 0 Å². The number of hydrogen-bond acceptors (Lipinski definition) is 3. The zero-order chi connectivity index (χ0) is 16.2. The normalized spacial score (nSPS) is 10.3. The number of carbonyl (C=O) groups is 2. The van der Waals surface area contributed by atoms with Crippen molar-refractivity contribution < 1.29 is 14.3 Å². The van der Waals surface area contributed by atoms with Crippen LogP contribution >= 0.6 is 0 Å². The highest BCUT2D eigenvalue weighted by Gasteiger charge is 2.09. The summed E-state index contributed by atoms with van der Waals surface area (Å²) in [6.45, 7) is 0. The van der Waals surface area contributed by atoms with Crippen LogP contribution in [0.3, 0.4) is 0 Å². The molecule has 5 heteroatoms. The van der Waals surface area contributed by atoms with Gasteiger partial charge < -0.3 is 15.0 Å². The molecule has 0 saturated heterocycles. The maximum absolute atomic E-state index is 12.1. The Bertz CT molecular complexity index is 820. The molecule has 0 aliphatic rings. The van der Waals surface area contributed by atoms with E-state index in [4.69, 9.17) is 10.5 Å². The van der Waals surface area contributed by atoms with E-state index in [0.717, 1.165) is 5.69 Å². The summed E-state index contributed by atoms with van der Waals surface area (Å²) in [6.07, 6.45) is 3.85. The lowest BCUT2D eigenvalue weighted by atomic mass is 10.2. The molecule has 0 saturated carbocycles. The molecular weight excluding hydrogens is 292 g/mol. The van der Waals surface area contributed by atoms with Crippen molar-refractivity contribution in [3.63, 3.8) is 0 Å². The molecule has 0 aliphatic heterocycles. The summed E-state index contributed by atoms with van der Waals surface area (Å²) in [5, 5.41) is 0. The first-order valence-corrected chi connectivity index (χ1v) is 6.99. The van der Waals surface area contributed by atoms with Crippen molar-refractivity contribution in [3.05, 3.63) is 84.2 Å². The third kappa shape index (κ3) is 3.29. The van der Waals surface area contributed by atoms with E-state index in [9.17, 15) is 9.59 Å². The van der Waals surface area contributed by atoms with Crippen molar-refractivity contribution in [2.24, 2.45) is 5.73 Å². The van der Waals surface area contributed by atoms with Crippen LogP contribution in [-0.2, 0) is 0 Å². The van der Waals surface area contributed by atoms with Crippen molar-refractivity contribution >= 4 is 11.9 Å². The maximum Gasteiger partial charge on any atom is 0.343 e. The molecule has 1 aromatic heterocycles. The molecule has 2 N–H and O–H groups in total. The Morgan fingerprint density at radius 3 is 1.96 bits per heavy atom. The number of hydrogen-bond donors (Lipinski definition) is 1. The predicted octanol–water partition coefficient (Wildman–Crippen LogP) is 2.80. The zero-order valence-electron chi connectivity index (χ0n) is 12.2. The second kappa shape index (κ2) is 6.19. The van der Waals surface area contributed by atoms with Crippen molar-refractivity contribution in [1.29, 1.82) is 0 Å². The Hall–Kier alpha value is -3.34. The van der Waals surface area contributed by atoms with E-state index in [2.05, 4.69) is 0 Å². The van der Waals surface area contributed by atoms with Gasteiger partial charge in [0, 0.05) is 23.6 Å². The van der Waals surface area contributed by atoms with E-state index in [1.807, 2.05) is 41.2 Å². The standard InChI is InChI=1S/C18H14N2O3/c19-17(21)13-5-9-16(10-6-13)23-18(22)14-3-7-15(8-4-14)20-11-1-2-12-20/h1-12H,(H2,19,21). The van der Waals surface area contributed by atoms with Crippen LogP contribution in [0.25, 0.3) is 5.69 Å². The molecule has 3 rings (SSSR count). The first-order valence-electron chi connectivity index (χ1n) is 6.99. The van der Waals surface area contributed by atoms with Gasteiger partial charge in [0.05, 0.1) is 5.56 Å². The summed E-state index contributed by atoms with van der Waals surface area (Å²) in [4.78, 5) is 23.1. The number of benzene rings is 2. The quantitative estimate of drug-likeness (QED) is 0.595. The monoisotopic (exact) mass is 306 g/mol. The smallest absolute Gasteiger partial charge is 0.343 e. The molecule has 0 atom stereocenters. The van der Waals surface area contributed by atoms with Gasteiger partial charge in [-0.3, -0.25) is 4.79 Å². The topological polar surface area (TPSA) is 74.3 Å². The van der Waals surface area contributed by atoms with Gasteiger partial charge in [0.1, 0.15) is 5.75 Å². The molecule has 23 heavy (non-hydrogen) atoms. The van der Waals surface area contributed by atoms with Crippen molar-refractivity contribution in [1.82, 2.24) is 4.57 Å². The fourth-order valence-electron chi connectivity index (χ4n) is 2.13. The van der Waals surface area contributed by atoms with Crippen LogP contribution < -0.4 is 10.5 Å². The molecule has 5 nitrogen and oxygen atoms in total. The molecule has 1 amide bonds. The Labute approximate surface area is 132 Å². The summed E-state index contributed by atoms with van der Waals surface area (Å²) >= 11 is 0. The number of primary amides is 1. The predicted molar refractivity (Wildman–Crippen MR) is 85.7 cm³/mol. The Morgan fingerprint density at radius 2 is 1.39 bits per heavy atom. The van der Waals surface area contributed by atoms with Gasteiger partial charge in [0.15, 0.2) is 0 Å². The third-order valence-corrected chi connectivity index (χ3v) is 3.35. The van der Waals surface area contributed by atoms with E-state index < -0.39 is 11.9 Å². The Kier molecular flexibility index (Phi) is 3.93. The molecule has 114 valence electrons. The highest BCUT2D eigenvalue weighted by atomic mass is 16.5. The lowest BCUT2D eigenvalue weighted by Crippen LogP contribution is -2.11. The van der Waals surface area contributed by atoms with Gasteiger partial charge in [-0.1, -0.05) is 0 Å². The largest absolute Gasteiger partial charge is 0.423 e. The molecule has 0 aliphatic carbocycles. The molecular formula is C18H14N2O3. The second-order valence-electron chi connectivity index (χ2n) is 4.92. The van der Waals surface area contributed by atoms with Crippen LogP contribution in [0, 0.1) is 0 Å². The summed E-state index contributed by atoms with van der Waals surface area (Å²) in [5.74, 6) is -0.631. The minimum atomic E-state index is -0.525. The maximum atomic E-state index is 12.1. The third-order valence-electron chi connectivity index (χ3n) is 3.35. The zero-order valence-corrected chi connectivity index (χ0v) is 12.2. The van der Waals surface area contributed by atoms with Gasteiger partial charge >= 0.3 is 5.97 Å². The summed E-state index contributed by atoms with van der Waals surface area (Å²) < 4.78 is 7.21. The fraction of sp³-hybridized carbons (Fsp3) is 0. The van der Waals surface area contributed by atoms with Crippen molar-refractivity contribution in [2.75, 3.05) is 0 Å². The van der Waals surface area contributed by atoms with E-state index in [1.54, 1.807) is 12.1 Å². The summed E-state index contributed by atoms with van der Waals surface area (Å²) in [6, 6.07) is 17.0. The van der Waals surface area contributed by atoms with Gasteiger partial charge in [-0.2, -0.15) is 0 Å². The molecule has 0 spiro atoms. The number of nitrogens with zero attached hydrogens (tertiary/aromatic N) is 1. The number of carbonyl (C=O) groups excluding carboxylic acids is 2. The number of amides is 1. The fourth-order valence-corrected chi connectivity index (χ4v) is 2.13. The number of nitrogens with two attached hydrogens (primary N) is 1.